The number of benzene rings is 2. The lowest BCUT2D eigenvalue weighted by Gasteiger charge is -2.32. The number of likely N-dealkylation sites (tertiary alicyclic amines) is 1. The predicted octanol–water partition coefficient (Wildman–Crippen LogP) is 3.72. The molecule has 5 nitrogen and oxygen atoms in total. The van der Waals surface area contributed by atoms with Crippen LogP contribution in [0.15, 0.2) is 66.4 Å². The number of amides is 1. The van der Waals surface area contributed by atoms with Gasteiger partial charge in [-0.1, -0.05) is 42.5 Å². The third-order valence-corrected chi connectivity index (χ3v) is 5.56. The van der Waals surface area contributed by atoms with Crippen LogP contribution in [0.4, 0.5) is 0 Å². The van der Waals surface area contributed by atoms with E-state index in [9.17, 15) is 10.1 Å². The van der Waals surface area contributed by atoms with Gasteiger partial charge < -0.3 is 15.0 Å². The minimum absolute atomic E-state index is 0.169. The molecule has 1 amide bonds. The maximum atomic E-state index is 12.7. The zero-order valence-electron chi connectivity index (χ0n) is 17.5. The van der Waals surface area contributed by atoms with E-state index in [1.54, 1.807) is 18.2 Å². The molecule has 0 aliphatic carbocycles. The second kappa shape index (κ2) is 11.1. The zero-order valence-corrected chi connectivity index (χ0v) is 17.5. The minimum atomic E-state index is -0.176. The van der Waals surface area contributed by atoms with Gasteiger partial charge in [0, 0.05) is 25.8 Å². The van der Waals surface area contributed by atoms with Gasteiger partial charge in [0.1, 0.15) is 17.4 Å². The van der Waals surface area contributed by atoms with Crippen molar-refractivity contribution in [3.63, 3.8) is 0 Å². The van der Waals surface area contributed by atoms with Crippen LogP contribution in [0.3, 0.4) is 0 Å². The van der Waals surface area contributed by atoms with E-state index in [1.807, 2.05) is 30.3 Å². The molecule has 0 spiro atoms. The van der Waals surface area contributed by atoms with Crippen molar-refractivity contribution in [3.8, 4) is 11.8 Å². The second-order valence-corrected chi connectivity index (χ2v) is 7.65. The first-order valence-electron chi connectivity index (χ1n) is 10.5. The van der Waals surface area contributed by atoms with Crippen LogP contribution in [0.1, 0.15) is 24.0 Å². The Labute approximate surface area is 179 Å². The summed E-state index contributed by atoms with van der Waals surface area (Å²) >= 11 is 0. The summed E-state index contributed by atoms with van der Waals surface area (Å²) in [6.45, 7) is 2.06. The van der Waals surface area contributed by atoms with Crippen LogP contribution in [0.2, 0.25) is 0 Å². The summed E-state index contributed by atoms with van der Waals surface area (Å²) in [4.78, 5) is 14.5. The quantitative estimate of drug-likeness (QED) is 0.415. The topological polar surface area (TPSA) is 65.4 Å². The molecular formula is C25H29N3O2. The van der Waals surface area contributed by atoms with Gasteiger partial charge in [-0.25, -0.2) is 0 Å². The lowest BCUT2D eigenvalue weighted by Crippen LogP contribution is -2.39. The fourth-order valence-electron chi connectivity index (χ4n) is 3.82. The van der Waals surface area contributed by atoms with E-state index >= 15 is 0 Å². The van der Waals surface area contributed by atoms with Crippen LogP contribution in [-0.4, -0.2) is 37.6 Å². The second-order valence-electron chi connectivity index (χ2n) is 7.65. The molecular weight excluding hydrogens is 374 g/mol. The first kappa shape index (κ1) is 21.4. The normalized spacial score (nSPS) is 14.8. The number of hydrogen-bond acceptors (Lipinski definition) is 4. The maximum absolute atomic E-state index is 12.7. The van der Waals surface area contributed by atoms with E-state index in [0.29, 0.717) is 25.6 Å². The number of carbonyl (C=O) groups excluding carboxylic acids is 1. The average molecular weight is 404 g/mol. The fourth-order valence-corrected chi connectivity index (χ4v) is 3.82. The Morgan fingerprint density at radius 1 is 1.17 bits per heavy atom. The molecule has 2 aromatic rings. The molecule has 1 N–H and O–H groups in total. The number of nitriles is 1. The van der Waals surface area contributed by atoms with E-state index in [2.05, 4.69) is 35.7 Å². The van der Waals surface area contributed by atoms with Crippen LogP contribution < -0.4 is 10.1 Å². The first-order chi connectivity index (χ1) is 14.7. The Morgan fingerprint density at radius 2 is 1.90 bits per heavy atom. The molecule has 1 saturated heterocycles. The van der Waals surface area contributed by atoms with Crippen LogP contribution in [-0.2, 0) is 17.6 Å². The molecule has 156 valence electrons. The summed E-state index contributed by atoms with van der Waals surface area (Å²) in [5.74, 6) is 1.24. The van der Waals surface area contributed by atoms with Crippen LogP contribution in [0.25, 0.3) is 0 Å². The SMILES string of the molecule is COc1cccc(CCN/C=C(/C#N)C(=O)N2CCC(Cc3ccccc3)CC2)c1. The summed E-state index contributed by atoms with van der Waals surface area (Å²) in [6.07, 6.45) is 5.34. The molecule has 0 unspecified atom stereocenters. The average Bonchev–Trinajstić information content (AvgIpc) is 2.80. The van der Waals surface area contributed by atoms with E-state index in [1.165, 1.54) is 5.56 Å². The fraction of sp³-hybridized carbons (Fsp3) is 0.360. The van der Waals surface area contributed by atoms with Crippen molar-refractivity contribution in [2.75, 3.05) is 26.7 Å². The van der Waals surface area contributed by atoms with Gasteiger partial charge in [-0.3, -0.25) is 4.79 Å². The Morgan fingerprint density at radius 3 is 2.60 bits per heavy atom. The summed E-state index contributed by atoms with van der Waals surface area (Å²) in [7, 11) is 1.65. The number of piperidine rings is 1. The van der Waals surface area contributed by atoms with Gasteiger partial charge in [0.2, 0.25) is 0 Å². The number of carbonyl (C=O) groups is 1. The summed E-state index contributed by atoms with van der Waals surface area (Å²) in [5.41, 5.74) is 2.66. The van der Waals surface area contributed by atoms with E-state index in [0.717, 1.165) is 37.0 Å². The van der Waals surface area contributed by atoms with E-state index in [4.69, 9.17) is 4.74 Å². The molecule has 0 atom stereocenters. The van der Waals surface area contributed by atoms with Gasteiger partial charge in [0.05, 0.1) is 7.11 Å². The molecule has 1 fully saturated rings. The molecule has 3 rings (SSSR count). The molecule has 0 bridgehead atoms. The van der Waals surface area contributed by atoms with Crippen LogP contribution in [0.5, 0.6) is 5.75 Å². The number of nitrogens with one attached hydrogen (secondary N) is 1. The van der Waals surface area contributed by atoms with Gasteiger partial charge in [-0.15, -0.1) is 0 Å². The third-order valence-electron chi connectivity index (χ3n) is 5.56. The smallest absolute Gasteiger partial charge is 0.265 e. The lowest BCUT2D eigenvalue weighted by atomic mass is 9.90. The van der Waals surface area contributed by atoms with Gasteiger partial charge in [0.25, 0.3) is 5.91 Å². The predicted molar refractivity (Wildman–Crippen MR) is 118 cm³/mol. The van der Waals surface area contributed by atoms with E-state index < -0.39 is 0 Å². The van der Waals surface area contributed by atoms with Crippen molar-refractivity contribution in [2.45, 2.75) is 25.7 Å². The van der Waals surface area contributed by atoms with Crippen LogP contribution in [0, 0.1) is 17.2 Å². The Balaban J connectivity index is 1.45. The Bertz CT molecular complexity index is 894. The number of hydrogen-bond donors (Lipinski definition) is 1. The van der Waals surface area contributed by atoms with Gasteiger partial charge >= 0.3 is 0 Å². The molecule has 2 aromatic carbocycles. The summed E-state index contributed by atoms with van der Waals surface area (Å²) in [5, 5.41) is 12.5. The summed E-state index contributed by atoms with van der Waals surface area (Å²) < 4.78 is 5.23. The Hall–Kier alpha value is -3.26. The van der Waals surface area contributed by atoms with Gasteiger partial charge in [-0.05, 0) is 54.9 Å². The number of nitrogens with zero attached hydrogens (tertiary/aromatic N) is 2. The first-order valence-corrected chi connectivity index (χ1v) is 10.5. The number of ether oxygens (including phenoxy) is 1. The highest BCUT2D eigenvalue weighted by Gasteiger charge is 2.25. The van der Waals surface area contributed by atoms with Crippen molar-refractivity contribution < 1.29 is 9.53 Å². The number of methoxy groups -OCH3 is 1. The molecule has 30 heavy (non-hydrogen) atoms. The molecule has 1 aliphatic rings. The monoisotopic (exact) mass is 403 g/mol. The zero-order chi connectivity index (χ0) is 21.2. The van der Waals surface area contributed by atoms with Gasteiger partial charge in [0.15, 0.2) is 0 Å². The largest absolute Gasteiger partial charge is 0.497 e. The molecule has 5 heteroatoms. The molecule has 0 saturated carbocycles. The highest BCUT2D eigenvalue weighted by molar-refractivity contribution is 5.97. The summed E-state index contributed by atoms with van der Waals surface area (Å²) in [6, 6.07) is 20.4. The van der Waals surface area contributed by atoms with E-state index in [-0.39, 0.29) is 11.5 Å². The Kier molecular flexibility index (Phi) is 7.91. The molecule has 0 aromatic heterocycles. The molecule has 0 radical (unpaired) electrons. The van der Waals surface area contributed by atoms with Crippen molar-refractivity contribution in [2.24, 2.45) is 5.92 Å². The van der Waals surface area contributed by atoms with Crippen molar-refractivity contribution in [1.29, 1.82) is 5.26 Å². The number of rotatable bonds is 8. The van der Waals surface area contributed by atoms with Crippen molar-refractivity contribution in [1.82, 2.24) is 10.2 Å². The molecule has 1 heterocycles. The highest BCUT2D eigenvalue weighted by Crippen LogP contribution is 2.22. The van der Waals surface area contributed by atoms with Gasteiger partial charge in [-0.2, -0.15) is 5.26 Å². The van der Waals surface area contributed by atoms with Crippen molar-refractivity contribution in [3.05, 3.63) is 77.5 Å². The van der Waals surface area contributed by atoms with Crippen molar-refractivity contribution >= 4 is 5.91 Å². The van der Waals surface area contributed by atoms with Crippen LogP contribution >= 0.6 is 0 Å². The third kappa shape index (κ3) is 6.12. The standard InChI is InChI=1S/C25H29N3O2/c1-30-24-9-5-8-21(17-24)10-13-27-19-23(18-26)25(29)28-14-11-22(12-15-28)16-20-6-3-2-4-7-20/h2-9,17,19,22,27H,10-16H2,1H3/b23-19-. The lowest BCUT2D eigenvalue weighted by molar-refractivity contribution is -0.128. The highest BCUT2D eigenvalue weighted by atomic mass is 16.5. The minimum Gasteiger partial charge on any atom is -0.497 e. The maximum Gasteiger partial charge on any atom is 0.265 e. The molecule has 1 aliphatic heterocycles.